The van der Waals surface area contributed by atoms with E-state index in [1.165, 1.54) is 22.5 Å². The van der Waals surface area contributed by atoms with Crippen molar-refractivity contribution in [3.63, 3.8) is 0 Å². The van der Waals surface area contributed by atoms with E-state index in [9.17, 15) is 4.79 Å². The molecule has 0 fully saturated rings. The summed E-state index contributed by atoms with van der Waals surface area (Å²) in [5, 5.41) is 0. The van der Waals surface area contributed by atoms with Crippen LogP contribution in [0.1, 0.15) is 16.7 Å². The first-order valence-corrected chi connectivity index (χ1v) is 12.3. The van der Waals surface area contributed by atoms with Gasteiger partial charge in [-0.2, -0.15) is 0 Å². The van der Waals surface area contributed by atoms with Gasteiger partial charge in [0.2, 0.25) is 5.75 Å². The predicted octanol–water partition coefficient (Wildman–Crippen LogP) is 4.55. The number of para-hydroxylation sites is 2. The molecule has 5 rings (SSSR count). The van der Waals surface area contributed by atoms with Crippen molar-refractivity contribution in [1.82, 2.24) is 9.38 Å². The van der Waals surface area contributed by atoms with Crippen molar-refractivity contribution in [2.75, 3.05) is 27.4 Å². The van der Waals surface area contributed by atoms with Crippen molar-refractivity contribution in [3.05, 3.63) is 86.2 Å². The van der Waals surface area contributed by atoms with Crippen LogP contribution in [0.3, 0.4) is 0 Å². The zero-order valence-corrected chi connectivity index (χ0v) is 21.3. The summed E-state index contributed by atoms with van der Waals surface area (Å²) in [5.41, 5.74) is 4.66. The highest BCUT2D eigenvalue weighted by molar-refractivity contribution is 7.15. The Bertz CT molecular complexity index is 1650. The third kappa shape index (κ3) is 4.47. The quantitative estimate of drug-likeness (QED) is 0.290. The molecule has 3 aromatic carbocycles. The molecule has 2 heterocycles. The first kappa shape index (κ1) is 23.7. The Morgan fingerprint density at radius 3 is 2.36 bits per heavy atom. The van der Waals surface area contributed by atoms with E-state index in [4.69, 9.17) is 18.9 Å². The van der Waals surface area contributed by atoms with Gasteiger partial charge in [-0.15, -0.1) is 0 Å². The normalized spacial score (nSPS) is 11.8. The number of imidazole rings is 1. The number of ether oxygens (including phenoxy) is 4. The van der Waals surface area contributed by atoms with Gasteiger partial charge in [-0.05, 0) is 73.0 Å². The lowest BCUT2D eigenvalue weighted by Gasteiger charge is -2.16. The lowest BCUT2D eigenvalue weighted by molar-refractivity contribution is 0.205. The third-order valence-electron chi connectivity index (χ3n) is 6.00. The van der Waals surface area contributed by atoms with Gasteiger partial charge in [-0.25, -0.2) is 9.38 Å². The molecule has 2 aromatic heterocycles. The number of aryl methyl sites for hydroxylation is 2. The summed E-state index contributed by atoms with van der Waals surface area (Å²) in [6, 6.07) is 17.2. The van der Waals surface area contributed by atoms with Crippen LogP contribution in [0.25, 0.3) is 22.1 Å². The summed E-state index contributed by atoms with van der Waals surface area (Å²) in [5.74, 6) is 2.29. The van der Waals surface area contributed by atoms with Gasteiger partial charge < -0.3 is 18.9 Å². The number of hydrogen-bond donors (Lipinski definition) is 0. The zero-order chi connectivity index (χ0) is 25.2. The Labute approximate surface area is 212 Å². The Morgan fingerprint density at radius 2 is 1.64 bits per heavy atom. The van der Waals surface area contributed by atoms with Crippen LogP contribution < -0.4 is 29.0 Å². The highest BCUT2D eigenvalue weighted by atomic mass is 32.1. The lowest BCUT2D eigenvalue weighted by Crippen LogP contribution is -2.22. The van der Waals surface area contributed by atoms with Gasteiger partial charge >= 0.3 is 0 Å². The number of fused-ring (bicyclic) bond motifs is 3. The van der Waals surface area contributed by atoms with Gasteiger partial charge in [0.05, 0.1) is 29.8 Å². The van der Waals surface area contributed by atoms with Crippen LogP contribution in [0.5, 0.6) is 23.0 Å². The number of nitrogens with zero attached hydrogens (tertiary/aromatic N) is 2. The number of methoxy groups -OCH3 is 2. The lowest BCUT2D eigenvalue weighted by atomic mass is 10.1. The minimum absolute atomic E-state index is 0.106. The van der Waals surface area contributed by atoms with Crippen LogP contribution in [0.15, 0.2) is 59.4 Å². The Kier molecular flexibility index (Phi) is 6.52. The van der Waals surface area contributed by atoms with Crippen molar-refractivity contribution in [2.45, 2.75) is 13.8 Å². The molecule has 36 heavy (non-hydrogen) atoms. The fourth-order valence-corrected chi connectivity index (χ4v) is 4.98. The third-order valence-corrected chi connectivity index (χ3v) is 6.97. The maximum absolute atomic E-state index is 13.1. The molecule has 0 amide bonds. The second-order valence-electron chi connectivity index (χ2n) is 8.33. The van der Waals surface area contributed by atoms with Gasteiger partial charge in [-0.1, -0.05) is 29.5 Å². The molecule has 0 aliphatic heterocycles. The summed E-state index contributed by atoms with van der Waals surface area (Å²) in [6.45, 7) is 4.80. The van der Waals surface area contributed by atoms with Crippen molar-refractivity contribution in [3.8, 4) is 23.0 Å². The van der Waals surface area contributed by atoms with Crippen molar-refractivity contribution >= 4 is 33.4 Å². The molecule has 0 saturated carbocycles. The fourth-order valence-electron chi connectivity index (χ4n) is 4.00. The van der Waals surface area contributed by atoms with Gasteiger partial charge in [0.25, 0.3) is 5.56 Å². The van der Waals surface area contributed by atoms with Crippen LogP contribution in [-0.4, -0.2) is 36.8 Å². The number of benzene rings is 3. The first-order valence-electron chi connectivity index (χ1n) is 11.5. The molecule has 0 spiro atoms. The highest BCUT2D eigenvalue weighted by Crippen LogP contribution is 2.38. The molecule has 184 valence electrons. The molecule has 8 heteroatoms. The molecular formula is C28H26N2O5S. The molecule has 0 radical (unpaired) electrons. The van der Waals surface area contributed by atoms with Gasteiger partial charge in [0, 0.05) is 0 Å². The minimum atomic E-state index is -0.106. The van der Waals surface area contributed by atoms with E-state index in [2.05, 4.69) is 18.8 Å². The van der Waals surface area contributed by atoms with E-state index in [0.29, 0.717) is 40.0 Å². The summed E-state index contributed by atoms with van der Waals surface area (Å²) >= 11 is 1.35. The molecule has 7 nitrogen and oxygen atoms in total. The van der Waals surface area contributed by atoms with Crippen molar-refractivity contribution in [1.29, 1.82) is 0 Å². The molecular weight excluding hydrogens is 476 g/mol. The topological polar surface area (TPSA) is 71.3 Å². The number of thiazole rings is 1. The maximum atomic E-state index is 13.1. The molecule has 0 saturated heterocycles. The predicted molar refractivity (Wildman–Crippen MR) is 142 cm³/mol. The second-order valence-corrected chi connectivity index (χ2v) is 9.34. The number of hydrogen-bond acceptors (Lipinski definition) is 7. The summed E-state index contributed by atoms with van der Waals surface area (Å²) in [7, 11) is 3.14. The molecule has 0 atom stereocenters. The summed E-state index contributed by atoms with van der Waals surface area (Å²) in [4.78, 5) is 18.4. The highest BCUT2D eigenvalue weighted by Gasteiger charge is 2.15. The molecule has 5 aromatic rings. The Morgan fingerprint density at radius 1 is 0.917 bits per heavy atom. The first-order chi connectivity index (χ1) is 17.5. The Balaban J connectivity index is 1.39. The average Bonchev–Trinajstić information content (AvgIpc) is 3.39. The van der Waals surface area contributed by atoms with E-state index >= 15 is 0 Å². The Hall–Kier alpha value is -4.04. The van der Waals surface area contributed by atoms with Crippen LogP contribution >= 0.6 is 11.3 Å². The monoisotopic (exact) mass is 502 g/mol. The van der Waals surface area contributed by atoms with E-state index in [-0.39, 0.29) is 5.56 Å². The van der Waals surface area contributed by atoms with Crippen LogP contribution in [0.4, 0.5) is 0 Å². The molecule has 0 aliphatic carbocycles. The largest absolute Gasteiger partial charge is 0.493 e. The standard InChI is InChI=1S/C28H26N2O5S/c1-17-9-10-20(13-18(17)2)34-11-12-35-26-23(32-3)14-19(15-24(26)33-4)16-25-27(31)30-22-8-6-5-7-21(22)29-28(30)36-25/h5-10,13-16H,11-12H2,1-4H3. The smallest absolute Gasteiger partial charge is 0.274 e. The number of rotatable bonds is 8. The summed E-state index contributed by atoms with van der Waals surface area (Å²) < 4.78 is 25.2. The molecule has 0 bridgehead atoms. The fraction of sp³-hybridized carbons (Fsp3) is 0.214. The van der Waals surface area contributed by atoms with Gasteiger partial charge in [0.15, 0.2) is 16.5 Å². The van der Waals surface area contributed by atoms with E-state index in [0.717, 1.165) is 22.3 Å². The second kappa shape index (κ2) is 9.91. The molecule has 0 aliphatic rings. The van der Waals surface area contributed by atoms with Gasteiger partial charge in [0.1, 0.15) is 19.0 Å². The molecule has 0 N–H and O–H groups in total. The molecule has 0 unspecified atom stereocenters. The summed E-state index contributed by atoms with van der Waals surface area (Å²) in [6.07, 6.45) is 1.81. The van der Waals surface area contributed by atoms with Crippen molar-refractivity contribution in [2.24, 2.45) is 0 Å². The maximum Gasteiger partial charge on any atom is 0.274 e. The van der Waals surface area contributed by atoms with Crippen LogP contribution in [0.2, 0.25) is 0 Å². The van der Waals surface area contributed by atoms with E-state index < -0.39 is 0 Å². The van der Waals surface area contributed by atoms with E-state index in [1.54, 1.807) is 18.6 Å². The van der Waals surface area contributed by atoms with Gasteiger partial charge in [-0.3, -0.25) is 4.79 Å². The van der Waals surface area contributed by atoms with Crippen LogP contribution in [0, 0.1) is 13.8 Å². The average molecular weight is 503 g/mol. The van der Waals surface area contributed by atoms with Crippen LogP contribution in [-0.2, 0) is 0 Å². The van der Waals surface area contributed by atoms with Crippen molar-refractivity contribution < 1.29 is 18.9 Å². The SMILES string of the molecule is COc1cc(C=c2sc3nc4ccccc4n3c2=O)cc(OC)c1OCCOc1ccc(C)c(C)c1. The minimum Gasteiger partial charge on any atom is -0.493 e. The number of aromatic nitrogens is 2. The zero-order valence-electron chi connectivity index (χ0n) is 20.5. The van der Waals surface area contributed by atoms with E-state index in [1.807, 2.05) is 60.7 Å².